The van der Waals surface area contributed by atoms with Crippen molar-refractivity contribution in [3.8, 4) is 5.75 Å². The molecule has 2 aliphatic heterocycles. The summed E-state index contributed by atoms with van der Waals surface area (Å²) >= 11 is 2.14. The van der Waals surface area contributed by atoms with E-state index in [4.69, 9.17) is 14.2 Å². The van der Waals surface area contributed by atoms with Crippen LogP contribution in [0.3, 0.4) is 0 Å². The third-order valence-electron chi connectivity index (χ3n) is 7.79. The number of rotatable bonds is 11. The zero-order chi connectivity index (χ0) is 33.6. The summed E-state index contributed by atoms with van der Waals surface area (Å²) in [5.74, 6) is -0.902. The Morgan fingerprint density at radius 3 is 2.44 bits per heavy atom. The van der Waals surface area contributed by atoms with Gasteiger partial charge in [-0.25, -0.2) is 4.79 Å². The topological polar surface area (TPSA) is 135 Å². The van der Waals surface area contributed by atoms with Crippen LogP contribution in [0.25, 0.3) is 0 Å². The number of anilines is 1. The first-order chi connectivity index (χ1) is 21.1. The highest BCUT2D eigenvalue weighted by molar-refractivity contribution is 14.1. The van der Waals surface area contributed by atoms with Crippen molar-refractivity contribution in [1.29, 1.82) is 0 Å². The number of nitrogens with zero attached hydrogens (tertiary/aromatic N) is 3. The van der Waals surface area contributed by atoms with Gasteiger partial charge in [-0.05, 0) is 65.2 Å². The maximum atomic E-state index is 14.3. The van der Waals surface area contributed by atoms with Gasteiger partial charge in [-0.15, -0.1) is 0 Å². The quantitative estimate of drug-likeness (QED) is 0.152. The molecule has 3 rings (SSSR count). The first-order valence-corrected chi connectivity index (χ1v) is 17.1. The van der Waals surface area contributed by atoms with Gasteiger partial charge in [0.15, 0.2) is 5.60 Å². The summed E-state index contributed by atoms with van der Waals surface area (Å²) in [5.41, 5.74) is 0.467. The molecule has 4 amide bonds. The smallest absolute Gasteiger partial charge is 0.412 e. The summed E-state index contributed by atoms with van der Waals surface area (Å²) in [6.07, 6.45) is 0.0991. The van der Waals surface area contributed by atoms with Gasteiger partial charge < -0.3 is 34.2 Å². The summed E-state index contributed by atoms with van der Waals surface area (Å²) in [4.78, 5) is 69.5. The third kappa shape index (κ3) is 9.01. The highest BCUT2D eigenvalue weighted by atomic mass is 127. The van der Waals surface area contributed by atoms with Crippen molar-refractivity contribution in [2.75, 3.05) is 35.5 Å². The predicted octanol–water partition coefficient (Wildman–Crippen LogP) is 4.44. The molecule has 13 heteroatoms. The van der Waals surface area contributed by atoms with Crippen LogP contribution in [0.5, 0.6) is 5.75 Å². The zero-order valence-corrected chi connectivity index (χ0v) is 29.8. The highest BCUT2D eigenvalue weighted by Crippen LogP contribution is 2.40. The number of halogens is 1. The number of likely N-dealkylation sites (tertiary alicyclic amines) is 1. The van der Waals surface area contributed by atoms with Gasteiger partial charge in [0.25, 0.3) is 11.8 Å². The van der Waals surface area contributed by atoms with Crippen molar-refractivity contribution in [3.05, 3.63) is 23.3 Å². The Bertz CT molecular complexity index is 1280. The standard InChI is InChI=1S/C32H47IN4O8/c1-19(2)29(40)43-22(6)44-31(42)35-14-9-10-23(18-35)37(20(3)4)28(39)24-17-25-26(16-21(24)5)45-32(7,8)30(41)36(25)15-13-34-27(38)11-12-33/h16-17,19-20,22-23H,9-15,18H2,1-8H3,(H,34,38)/t22?,23-/m1/s1. The number of esters is 1. The van der Waals surface area contributed by atoms with Gasteiger partial charge >= 0.3 is 12.1 Å². The summed E-state index contributed by atoms with van der Waals surface area (Å²) < 4.78 is 17.3. The average molecular weight is 743 g/mol. The van der Waals surface area contributed by atoms with Crippen LogP contribution < -0.4 is 15.0 Å². The van der Waals surface area contributed by atoms with Crippen LogP contribution in [0.4, 0.5) is 10.5 Å². The van der Waals surface area contributed by atoms with Crippen molar-refractivity contribution >= 4 is 58.1 Å². The molecule has 0 spiro atoms. The Morgan fingerprint density at radius 1 is 1.13 bits per heavy atom. The van der Waals surface area contributed by atoms with E-state index in [1.54, 1.807) is 54.5 Å². The first kappa shape index (κ1) is 36.4. The van der Waals surface area contributed by atoms with Crippen LogP contribution >= 0.6 is 22.6 Å². The minimum Gasteiger partial charge on any atom is -0.476 e. The van der Waals surface area contributed by atoms with Gasteiger partial charge in [0.1, 0.15) is 5.75 Å². The molecule has 12 nitrogen and oxygen atoms in total. The van der Waals surface area contributed by atoms with Gasteiger partial charge in [-0.2, -0.15) is 0 Å². The number of hydrogen-bond acceptors (Lipinski definition) is 8. The Kier molecular flexibility index (Phi) is 12.5. The molecular weight excluding hydrogens is 695 g/mol. The normalized spacial score (nSPS) is 18.2. The maximum Gasteiger partial charge on any atom is 0.412 e. The summed E-state index contributed by atoms with van der Waals surface area (Å²) in [6, 6.07) is 2.99. The molecule has 2 atom stereocenters. The lowest BCUT2D eigenvalue weighted by Crippen LogP contribution is -2.55. The second kappa shape index (κ2) is 15.5. The number of nitrogens with one attached hydrogen (secondary N) is 1. The lowest BCUT2D eigenvalue weighted by Gasteiger charge is -2.42. The molecule has 1 saturated heterocycles. The molecule has 1 fully saturated rings. The van der Waals surface area contributed by atoms with Crippen molar-refractivity contribution in [2.45, 2.75) is 98.6 Å². The SMILES string of the molecule is Cc1cc2c(cc1C(=O)N(C(C)C)[C@@H]1CCCN(C(=O)OC(C)OC(=O)C(C)C)C1)N(CCNC(=O)CCI)C(=O)C(C)(C)O2. The Hall–Kier alpha value is -3.10. The Morgan fingerprint density at radius 2 is 1.82 bits per heavy atom. The fourth-order valence-electron chi connectivity index (χ4n) is 5.50. The summed E-state index contributed by atoms with van der Waals surface area (Å²) in [7, 11) is 0. The fraction of sp³-hybridized carbons (Fsp3) is 0.656. The van der Waals surface area contributed by atoms with Crippen LogP contribution in [0.15, 0.2) is 12.1 Å². The molecule has 1 aromatic carbocycles. The van der Waals surface area contributed by atoms with Crippen LogP contribution in [-0.2, 0) is 23.9 Å². The third-order valence-corrected chi connectivity index (χ3v) is 8.33. The molecule has 0 aromatic heterocycles. The molecule has 1 N–H and O–H groups in total. The van der Waals surface area contributed by atoms with Crippen molar-refractivity contribution < 1.29 is 38.2 Å². The van der Waals surface area contributed by atoms with Crippen LogP contribution in [-0.4, -0.2) is 94.2 Å². The molecular formula is C32H47IN4O8. The van der Waals surface area contributed by atoms with Gasteiger partial charge in [-0.1, -0.05) is 36.4 Å². The summed E-state index contributed by atoms with van der Waals surface area (Å²) in [6.45, 7) is 15.2. The number of carbonyl (C=O) groups excluding carboxylic acids is 5. The van der Waals surface area contributed by atoms with E-state index in [9.17, 15) is 24.0 Å². The number of piperidine rings is 1. The van der Waals surface area contributed by atoms with E-state index in [2.05, 4.69) is 27.9 Å². The average Bonchev–Trinajstić information content (AvgIpc) is 2.94. The number of alkyl halides is 1. The predicted molar refractivity (Wildman–Crippen MR) is 178 cm³/mol. The molecule has 0 radical (unpaired) electrons. The second-order valence-corrected chi connectivity index (χ2v) is 13.7. The van der Waals surface area contributed by atoms with E-state index in [1.165, 1.54) is 6.92 Å². The van der Waals surface area contributed by atoms with E-state index < -0.39 is 24.0 Å². The molecule has 0 saturated carbocycles. The molecule has 2 heterocycles. The van der Waals surface area contributed by atoms with Crippen molar-refractivity contribution in [2.24, 2.45) is 5.92 Å². The van der Waals surface area contributed by atoms with Gasteiger partial charge in [0.05, 0.1) is 17.6 Å². The minimum atomic E-state index is -1.12. The number of amides is 4. The molecule has 1 unspecified atom stereocenters. The van der Waals surface area contributed by atoms with E-state index >= 15 is 0 Å². The van der Waals surface area contributed by atoms with Crippen LogP contribution in [0.2, 0.25) is 0 Å². The lowest BCUT2D eigenvalue weighted by atomic mass is 9.97. The lowest BCUT2D eigenvalue weighted by molar-refractivity contribution is -0.170. The molecule has 2 aliphatic rings. The number of ether oxygens (including phenoxy) is 3. The number of aryl methyl sites for hydroxylation is 1. The zero-order valence-electron chi connectivity index (χ0n) is 27.6. The molecule has 0 bridgehead atoms. The van der Waals surface area contributed by atoms with Crippen LogP contribution in [0.1, 0.15) is 83.7 Å². The van der Waals surface area contributed by atoms with Crippen molar-refractivity contribution in [3.63, 3.8) is 0 Å². The molecule has 250 valence electrons. The highest BCUT2D eigenvalue weighted by Gasteiger charge is 2.42. The van der Waals surface area contributed by atoms with Gasteiger partial charge in [0.2, 0.25) is 12.2 Å². The van der Waals surface area contributed by atoms with Gasteiger partial charge in [0, 0.05) is 55.6 Å². The molecule has 1 aromatic rings. The number of hydrogen-bond donors (Lipinski definition) is 1. The Labute approximate surface area is 279 Å². The maximum absolute atomic E-state index is 14.3. The second-order valence-electron chi connectivity index (χ2n) is 12.6. The number of carbonyl (C=O) groups is 5. The fourth-order valence-corrected chi connectivity index (χ4v) is 5.99. The summed E-state index contributed by atoms with van der Waals surface area (Å²) in [5, 5.41) is 2.85. The monoisotopic (exact) mass is 742 g/mol. The first-order valence-electron chi connectivity index (χ1n) is 15.5. The van der Waals surface area contributed by atoms with Crippen molar-refractivity contribution in [1.82, 2.24) is 15.1 Å². The number of fused-ring (bicyclic) bond motifs is 1. The van der Waals surface area contributed by atoms with Crippen LogP contribution in [0, 0.1) is 12.8 Å². The largest absolute Gasteiger partial charge is 0.476 e. The minimum absolute atomic E-state index is 0.0895. The van der Waals surface area contributed by atoms with Gasteiger partial charge in [-0.3, -0.25) is 19.2 Å². The number of benzene rings is 1. The van der Waals surface area contributed by atoms with E-state index in [0.29, 0.717) is 52.8 Å². The molecule has 45 heavy (non-hydrogen) atoms. The Balaban J connectivity index is 1.84. The molecule has 0 aliphatic carbocycles. The van der Waals surface area contributed by atoms with E-state index in [1.807, 2.05) is 20.8 Å². The van der Waals surface area contributed by atoms with E-state index in [0.717, 1.165) is 0 Å². The van der Waals surface area contributed by atoms with E-state index in [-0.39, 0.29) is 55.4 Å².